The van der Waals surface area contributed by atoms with E-state index in [0.717, 1.165) is 24.8 Å². The molecule has 0 saturated heterocycles. The molecular weight excluding hydrogens is 264 g/mol. The van der Waals surface area contributed by atoms with Gasteiger partial charge in [-0.25, -0.2) is 0 Å². The first-order valence-corrected chi connectivity index (χ1v) is 6.40. The molecule has 1 aromatic carbocycles. The lowest BCUT2D eigenvalue weighted by molar-refractivity contribution is -0.146. The topological polar surface area (TPSA) is 78.3 Å². The van der Waals surface area contributed by atoms with Crippen molar-refractivity contribution in [3.63, 3.8) is 0 Å². The molecule has 19 heavy (non-hydrogen) atoms. The van der Waals surface area contributed by atoms with Gasteiger partial charge in [0.05, 0.1) is 0 Å². The molecule has 0 saturated carbocycles. The van der Waals surface area contributed by atoms with Crippen LogP contribution in [-0.2, 0) is 16.1 Å². The largest absolute Gasteiger partial charge is 0.460 e. The van der Waals surface area contributed by atoms with Gasteiger partial charge in [-0.15, -0.1) is 12.4 Å². The van der Waals surface area contributed by atoms with Gasteiger partial charge in [0.25, 0.3) is 0 Å². The number of unbranched alkanes of at least 4 members (excludes halogenated alkanes) is 2. The van der Waals surface area contributed by atoms with Crippen molar-refractivity contribution < 1.29 is 9.53 Å². The van der Waals surface area contributed by atoms with Gasteiger partial charge in [0.2, 0.25) is 0 Å². The molecule has 0 aromatic heterocycles. The van der Waals surface area contributed by atoms with Gasteiger partial charge >= 0.3 is 5.97 Å². The van der Waals surface area contributed by atoms with Crippen LogP contribution in [0.5, 0.6) is 0 Å². The number of esters is 1. The minimum Gasteiger partial charge on any atom is -0.460 e. The molecule has 1 rings (SSSR count). The molecule has 4 N–H and O–H groups in total. The van der Waals surface area contributed by atoms with Crippen LogP contribution in [0.2, 0.25) is 0 Å². The number of rotatable bonds is 8. The lowest BCUT2D eigenvalue weighted by Gasteiger charge is -2.11. The second kappa shape index (κ2) is 10.8. The molecule has 0 aliphatic heterocycles. The number of carbonyl (C=O) groups is 1. The Bertz CT molecular complexity index is 347. The van der Waals surface area contributed by atoms with Gasteiger partial charge in [-0.1, -0.05) is 43.2 Å². The van der Waals surface area contributed by atoms with Crippen LogP contribution < -0.4 is 11.5 Å². The van der Waals surface area contributed by atoms with Crippen molar-refractivity contribution in [3.8, 4) is 0 Å². The maximum atomic E-state index is 11.6. The minimum absolute atomic E-state index is 0. The Morgan fingerprint density at radius 3 is 2.47 bits per heavy atom. The SMILES string of the molecule is Cl.NCCCCCC(N)C(=O)OCc1ccccc1. The summed E-state index contributed by atoms with van der Waals surface area (Å²) in [5.41, 5.74) is 12.1. The van der Waals surface area contributed by atoms with E-state index in [4.69, 9.17) is 16.2 Å². The third kappa shape index (κ3) is 7.82. The van der Waals surface area contributed by atoms with Gasteiger partial charge in [0.1, 0.15) is 12.6 Å². The Balaban J connectivity index is 0.00000324. The Kier molecular flexibility index (Phi) is 10.2. The van der Waals surface area contributed by atoms with Crippen LogP contribution in [-0.4, -0.2) is 18.6 Å². The molecule has 1 atom stereocenters. The number of ether oxygens (including phenoxy) is 1. The molecule has 108 valence electrons. The maximum absolute atomic E-state index is 11.6. The van der Waals surface area contributed by atoms with E-state index in [2.05, 4.69) is 0 Å². The summed E-state index contributed by atoms with van der Waals surface area (Å²) < 4.78 is 5.16. The molecule has 1 aromatic rings. The highest BCUT2D eigenvalue weighted by molar-refractivity contribution is 5.85. The fourth-order valence-corrected chi connectivity index (χ4v) is 1.64. The number of halogens is 1. The fourth-order valence-electron chi connectivity index (χ4n) is 1.64. The summed E-state index contributed by atoms with van der Waals surface area (Å²) in [5.74, 6) is -0.327. The second-order valence-electron chi connectivity index (χ2n) is 4.34. The molecule has 0 spiro atoms. The van der Waals surface area contributed by atoms with Crippen LogP contribution >= 0.6 is 12.4 Å². The van der Waals surface area contributed by atoms with Crippen molar-refractivity contribution in [2.75, 3.05) is 6.54 Å². The van der Waals surface area contributed by atoms with E-state index in [-0.39, 0.29) is 25.0 Å². The Labute approximate surface area is 120 Å². The molecule has 0 heterocycles. The summed E-state index contributed by atoms with van der Waals surface area (Å²) in [7, 11) is 0. The van der Waals surface area contributed by atoms with Gasteiger partial charge in [-0.2, -0.15) is 0 Å². The number of nitrogens with two attached hydrogens (primary N) is 2. The lowest BCUT2D eigenvalue weighted by Crippen LogP contribution is -2.32. The first-order chi connectivity index (χ1) is 8.74. The lowest BCUT2D eigenvalue weighted by atomic mass is 10.1. The summed E-state index contributed by atoms with van der Waals surface area (Å²) in [6.07, 6.45) is 3.56. The summed E-state index contributed by atoms with van der Waals surface area (Å²) in [6.45, 7) is 0.976. The van der Waals surface area contributed by atoms with Gasteiger partial charge in [0.15, 0.2) is 0 Å². The van der Waals surface area contributed by atoms with Gasteiger partial charge < -0.3 is 16.2 Å². The van der Waals surface area contributed by atoms with Crippen molar-refractivity contribution in [1.29, 1.82) is 0 Å². The van der Waals surface area contributed by atoms with E-state index >= 15 is 0 Å². The van der Waals surface area contributed by atoms with Crippen LogP contribution in [0.15, 0.2) is 30.3 Å². The number of hydrogen-bond donors (Lipinski definition) is 2. The van der Waals surface area contributed by atoms with Crippen LogP contribution in [0.3, 0.4) is 0 Å². The summed E-state index contributed by atoms with van der Waals surface area (Å²) in [5, 5.41) is 0. The number of carbonyl (C=O) groups excluding carboxylic acids is 1. The number of benzene rings is 1. The van der Waals surface area contributed by atoms with Crippen molar-refractivity contribution in [2.45, 2.75) is 38.3 Å². The quantitative estimate of drug-likeness (QED) is 0.566. The van der Waals surface area contributed by atoms with E-state index < -0.39 is 6.04 Å². The fraction of sp³-hybridized carbons (Fsp3) is 0.500. The molecule has 0 fully saturated rings. The smallest absolute Gasteiger partial charge is 0.323 e. The van der Waals surface area contributed by atoms with Gasteiger partial charge in [0, 0.05) is 0 Å². The van der Waals surface area contributed by atoms with Crippen molar-refractivity contribution in [1.82, 2.24) is 0 Å². The van der Waals surface area contributed by atoms with Crippen LogP contribution in [0, 0.1) is 0 Å². The van der Waals surface area contributed by atoms with E-state index in [0.29, 0.717) is 13.0 Å². The molecular formula is C14H23ClN2O2. The van der Waals surface area contributed by atoms with Gasteiger partial charge in [-0.05, 0) is 24.9 Å². The van der Waals surface area contributed by atoms with E-state index in [1.54, 1.807) is 0 Å². The third-order valence-corrected chi connectivity index (χ3v) is 2.75. The molecule has 0 amide bonds. The summed E-state index contributed by atoms with van der Waals surface area (Å²) in [4.78, 5) is 11.6. The highest BCUT2D eigenvalue weighted by Crippen LogP contribution is 2.05. The minimum atomic E-state index is -0.522. The average Bonchev–Trinajstić information content (AvgIpc) is 2.42. The zero-order valence-electron chi connectivity index (χ0n) is 11.1. The third-order valence-electron chi connectivity index (χ3n) is 2.75. The predicted octanol–water partition coefficient (Wildman–Crippen LogP) is 2.00. The van der Waals surface area contributed by atoms with E-state index in [1.165, 1.54) is 0 Å². The first-order valence-electron chi connectivity index (χ1n) is 6.40. The molecule has 0 aliphatic carbocycles. The van der Waals surface area contributed by atoms with Crippen LogP contribution in [0.1, 0.15) is 31.2 Å². The van der Waals surface area contributed by atoms with E-state index in [1.807, 2.05) is 30.3 Å². The zero-order valence-corrected chi connectivity index (χ0v) is 11.9. The Hall–Kier alpha value is -1.10. The molecule has 0 aliphatic rings. The second-order valence-corrected chi connectivity index (χ2v) is 4.34. The molecule has 5 heteroatoms. The highest BCUT2D eigenvalue weighted by Gasteiger charge is 2.14. The zero-order chi connectivity index (χ0) is 13.2. The van der Waals surface area contributed by atoms with E-state index in [9.17, 15) is 4.79 Å². The monoisotopic (exact) mass is 286 g/mol. The van der Waals surface area contributed by atoms with Crippen molar-refractivity contribution in [2.24, 2.45) is 11.5 Å². The van der Waals surface area contributed by atoms with Crippen molar-refractivity contribution >= 4 is 18.4 Å². The molecule has 0 radical (unpaired) electrons. The first kappa shape index (κ1) is 17.9. The maximum Gasteiger partial charge on any atom is 0.323 e. The predicted molar refractivity (Wildman–Crippen MR) is 79.0 cm³/mol. The van der Waals surface area contributed by atoms with Crippen molar-refractivity contribution in [3.05, 3.63) is 35.9 Å². The number of hydrogen-bond acceptors (Lipinski definition) is 4. The van der Waals surface area contributed by atoms with Gasteiger partial charge in [-0.3, -0.25) is 4.79 Å². The molecule has 0 bridgehead atoms. The average molecular weight is 287 g/mol. The van der Waals surface area contributed by atoms with Crippen LogP contribution in [0.4, 0.5) is 0 Å². The standard InChI is InChI=1S/C14H22N2O2.ClH/c15-10-6-2-5-9-13(16)14(17)18-11-12-7-3-1-4-8-12;/h1,3-4,7-8,13H,2,5-6,9-11,15-16H2;1H. The normalized spacial score (nSPS) is 11.5. The Morgan fingerprint density at radius 2 is 1.84 bits per heavy atom. The molecule has 1 unspecified atom stereocenters. The van der Waals surface area contributed by atoms with Crippen LogP contribution in [0.25, 0.3) is 0 Å². The molecule has 4 nitrogen and oxygen atoms in total. The summed E-state index contributed by atoms with van der Waals surface area (Å²) >= 11 is 0. The Morgan fingerprint density at radius 1 is 1.16 bits per heavy atom. The summed E-state index contributed by atoms with van der Waals surface area (Å²) in [6, 6.07) is 9.06. The highest BCUT2D eigenvalue weighted by atomic mass is 35.5.